The summed E-state index contributed by atoms with van der Waals surface area (Å²) in [6, 6.07) is 5.77. The lowest BCUT2D eigenvalue weighted by Crippen LogP contribution is -2.21. The van der Waals surface area contributed by atoms with Gasteiger partial charge in [-0.3, -0.25) is 0 Å². The van der Waals surface area contributed by atoms with E-state index >= 15 is 0 Å². The third-order valence-electron chi connectivity index (χ3n) is 2.55. The molecule has 4 heteroatoms. The molecule has 1 fully saturated rings. The van der Waals surface area contributed by atoms with Gasteiger partial charge >= 0.3 is 0 Å². The standard InChI is InChI=1S/C11H13Cl2NO.C2H6/c12-10-2-1-8(5-11(10)13)9-6-14-3-4-15-7-9;1-2/h1-2,5,9,14H,3-4,6-7H2;1-2H3/t9-;/m1./s1. The Morgan fingerprint density at radius 2 is 2.00 bits per heavy atom. The van der Waals surface area contributed by atoms with E-state index in [0.717, 1.165) is 26.3 Å². The molecule has 2 rings (SSSR count). The summed E-state index contributed by atoms with van der Waals surface area (Å²) in [6.45, 7) is 7.36. The Hall–Kier alpha value is -0.280. The van der Waals surface area contributed by atoms with Gasteiger partial charge < -0.3 is 10.1 Å². The van der Waals surface area contributed by atoms with Crippen LogP contribution < -0.4 is 5.32 Å². The lowest BCUT2D eigenvalue weighted by atomic mass is 10.0. The zero-order valence-corrected chi connectivity index (χ0v) is 11.8. The Bertz CT molecular complexity index is 336. The maximum absolute atomic E-state index is 5.98. The van der Waals surface area contributed by atoms with Gasteiger partial charge in [0.15, 0.2) is 0 Å². The summed E-state index contributed by atoms with van der Waals surface area (Å²) in [5.41, 5.74) is 1.18. The molecule has 0 aromatic heterocycles. The average molecular weight is 276 g/mol. The highest BCUT2D eigenvalue weighted by molar-refractivity contribution is 6.42. The SMILES string of the molecule is CC.Clc1ccc([C@@H]2CNCCOC2)cc1Cl. The number of rotatable bonds is 1. The van der Waals surface area contributed by atoms with Crippen molar-refractivity contribution in [3.63, 3.8) is 0 Å². The van der Waals surface area contributed by atoms with Gasteiger partial charge in [0.05, 0.1) is 23.3 Å². The first-order valence-electron chi connectivity index (χ1n) is 6.01. The van der Waals surface area contributed by atoms with Gasteiger partial charge in [-0.2, -0.15) is 0 Å². The average Bonchev–Trinajstić information content (AvgIpc) is 2.64. The lowest BCUT2D eigenvalue weighted by Gasteiger charge is -2.14. The number of hydrogen-bond donors (Lipinski definition) is 1. The molecule has 1 N–H and O–H groups in total. The van der Waals surface area contributed by atoms with Gasteiger partial charge in [0.2, 0.25) is 0 Å². The van der Waals surface area contributed by atoms with Crippen LogP contribution in [0.5, 0.6) is 0 Å². The molecule has 0 saturated carbocycles. The van der Waals surface area contributed by atoms with E-state index in [1.54, 1.807) is 0 Å². The summed E-state index contributed by atoms with van der Waals surface area (Å²) in [7, 11) is 0. The van der Waals surface area contributed by atoms with Crippen LogP contribution in [0.15, 0.2) is 18.2 Å². The highest BCUT2D eigenvalue weighted by Gasteiger charge is 2.15. The maximum Gasteiger partial charge on any atom is 0.0595 e. The van der Waals surface area contributed by atoms with E-state index < -0.39 is 0 Å². The van der Waals surface area contributed by atoms with Crippen LogP contribution in [-0.4, -0.2) is 26.3 Å². The first-order valence-corrected chi connectivity index (χ1v) is 6.76. The third-order valence-corrected chi connectivity index (χ3v) is 3.29. The zero-order valence-electron chi connectivity index (χ0n) is 10.3. The summed E-state index contributed by atoms with van der Waals surface area (Å²) in [5.74, 6) is 0.363. The summed E-state index contributed by atoms with van der Waals surface area (Å²) in [6.07, 6.45) is 0. The predicted molar refractivity (Wildman–Crippen MR) is 74.2 cm³/mol. The molecule has 96 valence electrons. The van der Waals surface area contributed by atoms with E-state index in [4.69, 9.17) is 27.9 Å². The van der Waals surface area contributed by atoms with Crippen LogP contribution in [0.2, 0.25) is 10.0 Å². The van der Waals surface area contributed by atoms with Gasteiger partial charge in [-0.15, -0.1) is 0 Å². The fourth-order valence-electron chi connectivity index (χ4n) is 1.69. The van der Waals surface area contributed by atoms with E-state index in [1.165, 1.54) is 5.56 Å². The highest BCUT2D eigenvalue weighted by atomic mass is 35.5. The number of ether oxygens (including phenoxy) is 1. The molecule has 0 amide bonds. The minimum absolute atomic E-state index is 0.363. The smallest absolute Gasteiger partial charge is 0.0595 e. The molecule has 1 atom stereocenters. The van der Waals surface area contributed by atoms with Crippen molar-refractivity contribution >= 4 is 23.2 Å². The van der Waals surface area contributed by atoms with E-state index in [1.807, 2.05) is 32.0 Å². The van der Waals surface area contributed by atoms with Crippen LogP contribution in [0.1, 0.15) is 25.3 Å². The van der Waals surface area contributed by atoms with Gasteiger partial charge in [-0.1, -0.05) is 43.1 Å². The zero-order chi connectivity index (χ0) is 12.7. The van der Waals surface area contributed by atoms with Crippen LogP contribution in [0.25, 0.3) is 0 Å². The topological polar surface area (TPSA) is 21.3 Å². The summed E-state index contributed by atoms with van der Waals surface area (Å²) in [5, 5.41) is 4.54. The molecule has 0 aliphatic carbocycles. The lowest BCUT2D eigenvalue weighted by molar-refractivity contribution is 0.141. The van der Waals surface area contributed by atoms with E-state index in [2.05, 4.69) is 5.32 Å². The quantitative estimate of drug-likeness (QED) is 0.844. The summed E-state index contributed by atoms with van der Waals surface area (Å²) >= 11 is 11.9. The summed E-state index contributed by atoms with van der Waals surface area (Å²) in [4.78, 5) is 0. The Morgan fingerprint density at radius 3 is 2.71 bits per heavy atom. The molecule has 1 aliphatic rings. The van der Waals surface area contributed by atoms with Crippen molar-refractivity contribution in [1.82, 2.24) is 5.32 Å². The van der Waals surface area contributed by atoms with Crippen molar-refractivity contribution in [3.8, 4) is 0 Å². The fourth-order valence-corrected chi connectivity index (χ4v) is 1.99. The van der Waals surface area contributed by atoms with Crippen LogP contribution >= 0.6 is 23.2 Å². The molecule has 1 aliphatic heterocycles. The Labute approximate surface area is 113 Å². The predicted octanol–water partition coefficient (Wildman–Crippen LogP) is 3.72. The molecular formula is C13H19Cl2NO. The molecule has 1 heterocycles. The van der Waals surface area contributed by atoms with Crippen LogP contribution in [0, 0.1) is 0 Å². The molecular weight excluding hydrogens is 257 g/mol. The first-order chi connectivity index (χ1) is 8.27. The van der Waals surface area contributed by atoms with Gasteiger partial charge in [0.1, 0.15) is 0 Å². The highest BCUT2D eigenvalue weighted by Crippen LogP contribution is 2.26. The van der Waals surface area contributed by atoms with Crippen molar-refractivity contribution < 1.29 is 4.74 Å². The first kappa shape index (κ1) is 14.8. The Morgan fingerprint density at radius 1 is 1.24 bits per heavy atom. The van der Waals surface area contributed by atoms with E-state index in [9.17, 15) is 0 Å². The van der Waals surface area contributed by atoms with Crippen LogP contribution in [0.3, 0.4) is 0 Å². The fraction of sp³-hybridized carbons (Fsp3) is 0.538. The molecule has 1 saturated heterocycles. The van der Waals surface area contributed by atoms with Crippen LogP contribution in [-0.2, 0) is 4.74 Å². The van der Waals surface area contributed by atoms with Crippen molar-refractivity contribution in [2.24, 2.45) is 0 Å². The second kappa shape index (κ2) is 7.93. The molecule has 17 heavy (non-hydrogen) atoms. The van der Waals surface area contributed by atoms with Crippen molar-refractivity contribution in [3.05, 3.63) is 33.8 Å². The van der Waals surface area contributed by atoms with Gasteiger partial charge in [0.25, 0.3) is 0 Å². The number of benzene rings is 1. The monoisotopic (exact) mass is 275 g/mol. The molecule has 1 aromatic carbocycles. The number of nitrogens with one attached hydrogen (secondary N) is 1. The molecule has 2 nitrogen and oxygen atoms in total. The van der Waals surface area contributed by atoms with Gasteiger partial charge in [-0.05, 0) is 17.7 Å². The molecule has 0 spiro atoms. The molecule has 0 bridgehead atoms. The largest absolute Gasteiger partial charge is 0.379 e. The Kier molecular flexibility index (Phi) is 6.90. The number of halogens is 2. The summed E-state index contributed by atoms with van der Waals surface area (Å²) < 4.78 is 5.49. The number of hydrogen-bond acceptors (Lipinski definition) is 2. The molecule has 0 radical (unpaired) electrons. The van der Waals surface area contributed by atoms with Gasteiger partial charge in [0, 0.05) is 19.0 Å². The van der Waals surface area contributed by atoms with Crippen molar-refractivity contribution in [2.45, 2.75) is 19.8 Å². The van der Waals surface area contributed by atoms with E-state index in [-0.39, 0.29) is 0 Å². The van der Waals surface area contributed by atoms with E-state index in [0.29, 0.717) is 16.0 Å². The van der Waals surface area contributed by atoms with Crippen LogP contribution in [0.4, 0.5) is 0 Å². The second-order valence-corrected chi connectivity index (χ2v) is 4.46. The minimum atomic E-state index is 0.363. The van der Waals surface area contributed by atoms with Gasteiger partial charge in [-0.25, -0.2) is 0 Å². The second-order valence-electron chi connectivity index (χ2n) is 3.65. The minimum Gasteiger partial charge on any atom is -0.379 e. The Balaban J connectivity index is 0.000000686. The molecule has 0 unspecified atom stereocenters. The van der Waals surface area contributed by atoms with Crippen molar-refractivity contribution in [1.29, 1.82) is 0 Å². The molecule has 1 aromatic rings. The normalized spacial score (nSPS) is 20.1. The maximum atomic E-state index is 5.98. The van der Waals surface area contributed by atoms with Crippen molar-refractivity contribution in [2.75, 3.05) is 26.3 Å². The third kappa shape index (κ3) is 4.47.